The van der Waals surface area contributed by atoms with E-state index in [4.69, 9.17) is 9.47 Å². The fourth-order valence-corrected chi connectivity index (χ4v) is 1.61. The van der Waals surface area contributed by atoms with Crippen LogP contribution in [0.25, 0.3) is 0 Å². The molecule has 0 aliphatic carbocycles. The van der Waals surface area contributed by atoms with Gasteiger partial charge in [-0.25, -0.2) is 14.4 Å². The molecule has 0 fully saturated rings. The second-order valence-electron chi connectivity index (χ2n) is 3.97. The summed E-state index contributed by atoms with van der Waals surface area (Å²) in [4.78, 5) is 43.1. The summed E-state index contributed by atoms with van der Waals surface area (Å²) in [5.74, 6) is -1.28. The Morgan fingerprint density at radius 3 is 2.52 bits per heavy atom. The van der Waals surface area contributed by atoms with Crippen molar-refractivity contribution in [1.82, 2.24) is 15.0 Å². The third-order valence-electron chi connectivity index (χ3n) is 2.55. The van der Waals surface area contributed by atoms with E-state index in [0.717, 1.165) is 0 Å². The molecule has 0 saturated carbocycles. The molecule has 0 aliphatic heterocycles. The van der Waals surface area contributed by atoms with Gasteiger partial charge in [-0.2, -0.15) is 0 Å². The SMILES string of the molecule is CCOC(=O)c1[nH]c(=O)[nH]c1COC(=O)c1ccncc1. The number of rotatable bonds is 5. The molecule has 0 aliphatic rings. The number of hydrogen-bond donors (Lipinski definition) is 2. The van der Waals surface area contributed by atoms with Crippen molar-refractivity contribution in [1.29, 1.82) is 0 Å². The van der Waals surface area contributed by atoms with Crippen LogP contribution >= 0.6 is 0 Å². The first kappa shape index (κ1) is 14.5. The van der Waals surface area contributed by atoms with Gasteiger partial charge in [0.2, 0.25) is 0 Å². The average Bonchev–Trinajstić information content (AvgIpc) is 2.87. The number of carbonyl (C=O) groups excluding carboxylic acids is 2. The summed E-state index contributed by atoms with van der Waals surface area (Å²) in [7, 11) is 0. The number of nitrogens with one attached hydrogen (secondary N) is 2. The smallest absolute Gasteiger partial charge is 0.356 e. The molecular weight excluding hydrogens is 278 g/mol. The van der Waals surface area contributed by atoms with Gasteiger partial charge in [-0.1, -0.05) is 0 Å². The fourth-order valence-electron chi connectivity index (χ4n) is 1.61. The topological polar surface area (TPSA) is 114 Å². The largest absolute Gasteiger partial charge is 0.461 e. The number of ether oxygens (including phenoxy) is 2. The number of esters is 2. The molecule has 0 radical (unpaired) electrons. The molecule has 2 heterocycles. The number of aromatic nitrogens is 3. The van der Waals surface area contributed by atoms with Crippen LogP contribution in [0.15, 0.2) is 29.3 Å². The number of hydrogen-bond acceptors (Lipinski definition) is 6. The molecule has 0 atom stereocenters. The third-order valence-corrected chi connectivity index (χ3v) is 2.55. The monoisotopic (exact) mass is 291 g/mol. The van der Waals surface area contributed by atoms with E-state index in [1.165, 1.54) is 24.5 Å². The van der Waals surface area contributed by atoms with Crippen molar-refractivity contribution >= 4 is 11.9 Å². The van der Waals surface area contributed by atoms with E-state index in [0.29, 0.717) is 5.56 Å². The van der Waals surface area contributed by atoms with Crippen LogP contribution < -0.4 is 5.69 Å². The lowest BCUT2D eigenvalue weighted by molar-refractivity contribution is 0.0444. The molecule has 2 aromatic heterocycles. The first-order chi connectivity index (χ1) is 10.1. The van der Waals surface area contributed by atoms with Crippen molar-refractivity contribution in [3.05, 3.63) is 52.0 Å². The lowest BCUT2D eigenvalue weighted by Gasteiger charge is -2.05. The highest BCUT2D eigenvalue weighted by Crippen LogP contribution is 2.07. The van der Waals surface area contributed by atoms with Crippen molar-refractivity contribution in [3.8, 4) is 0 Å². The second-order valence-corrected chi connectivity index (χ2v) is 3.97. The summed E-state index contributed by atoms with van der Waals surface area (Å²) < 4.78 is 9.83. The van der Waals surface area contributed by atoms with E-state index in [-0.39, 0.29) is 24.6 Å². The Labute approximate surface area is 119 Å². The van der Waals surface area contributed by atoms with E-state index in [1.807, 2.05) is 0 Å². The zero-order valence-electron chi connectivity index (χ0n) is 11.2. The molecule has 0 aromatic carbocycles. The van der Waals surface area contributed by atoms with Crippen LogP contribution in [0.4, 0.5) is 0 Å². The highest BCUT2D eigenvalue weighted by atomic mass is 16.5. The van der Waals surface area contributed by atoms with Gasteiger partial charge in [0, 0.05) is 12.4 Å². The van der Waals surface area contributed by atoms with Gasteiger partial charge >= 0.3 is 17.6 Å². The van der Waals surface area contributed by atoms with E-state index in [2.05, 4.69) is 15.0 Å². The lowest BCUT2D eigenvalue weighted by atomic mass is 10.3. The summed E-state index contributed by atoms with van der Waals surface area (Å²) >= 11 is 0. The molecule has 0 saturated heterocycles. The summed E-state index contributed by atoms with van der Waals surface area (Å²) in [6, 6.07) is 2.99. The maximum absolute atomic E-state index is 11.8. The van der Waals surface area contributed by atoms with E-state index in [9.17, 15) is 14.4 Å². The summed E-state index contributed by atoms with van der Waals surface area (Å²) in [6.45, 7) is 1.56. The van der Waals surface area contributed by atoms with Gasteiger partial charge in [0.05, 0.1) is 17.9 Å². The summed E-state index contributed by atoms with van der Waals surface area (Å²) in [5, 5.41) is 0. The third kappa shape index (κ3) is 3.56. The standard InChI is InChI=1S/C13H13N3O5/c1-2-20-12(18)10-9(15-13(19)16-10)7-21-11(17)8-3-5-14-6-4-8/h3-6H,2,7H2,1H3,(H2,15,16,19). The van der Waals surface area contributed by atoms with Crippen molar-refractivity contribution < 1.29 is 19.1 Å². The fraction of sp³-hybridized carbons (Fsp3) is 0.231. The second kappa shape index (κ2) is 6.51. The average molecular weight is 291 g/mol. The molecule has 0 amide bonds. The summed E-state index contributed by atoms with van der Waals surface area (Å²) in [6.07, 6.45) is 2.91. The lowest BCUT2D eigenvalue weighted by Crippen LogP contribution is -2.11. The number of carbonyl (C=O) groups is 2. The van der Waals surface area contributed by atoms with Gasteiger partial charge in [-0.3, -0.25) is 9.97 Å². The minimum atomic E-state index is -0.689. The van der Waals surface area contributed by atoms with Crippen molar-refractivity contribution in [2.24, 2.45) is 0 Å². The van der Waals surface area contributed by atoms with Crippen LogP contribution in [0.2, 0.25) is 0 Å². The van der Waals surface area contributed by atoms with E-state index in [1.54, 1.807) is 6.92 Å². The number of pyridine rings is 1. The Balaban J connectivity index is 2.08. The van der Waals surface area contributed by atoms with Crippen molar-refractivity contribution in [2.45, 2.75) is 13.5 Å². The molecule has 8 nitrogen and oxygen atoms in total. The van der Waals surface area contributed by atoms with Gasteiger partial charge < -0.3 is 14.5 Å². The van der Waals surface area contributed by atoms with E-state index < -0.39 is 17.6 Å². The molecule has 8 heteroatoms. The van der Waals surface area contributed by atoms with E-state index >= 15 is 0 Å². The predicted molar refractivity (Wildman–Crippen MR) is 70.7 cm³/mol. The Morgan fingerprint density at radius 2 is 1.86 bits per heavy atom. The Morgan fingerprint density at radius 1 is 1.14 bits per heavy atom. The predicted octanol–water partition coefficient (Wildman–Crippen LogP) is 0.632. The molecule has 2 N–H and O–H groups in total. The van der Waals surface area contributed by atoms with Crippen molar-refractivity contribution in [3.63, 3.8) is 0 Å². The minimum Gasteiger partial charge on any atom is -0.461 e. The van der Waals surface area contributed by atoms with Crippen LogP contribution in [0.1, 0.15) is 33.5 Å². The van der Waals surface area contributed by atoms with Gasteiger partial charge in [-0.05, 0) is 19.1 Å². The zero-order chi connectivity index (χ0) is 15.2. The van der Waals surface area contributed by atoms with Crippen LogP contribution in [0, 0.1) is 0 Å². The molecule has 0 bridgehead atoms. The molecule has 110 valence electrons. The molecule has 0 spiro atoms. The van der Waals surface area contributed by atoms with Crippen molar-refractivity contribution in [2.75, 3.05) is 6.61 Å². The Bertz CT molecular complexity index is 689. The molecule has 0 unspecified atom stereocenters. The first-order valence-electron chi connectivity index (χ1n) is 6.17. The first-order valence-corrected chi connectivity index (χ1v) is 6.17. The minimum absolute atomic E-state index is 0.0515. The molecule has 2 aromatic rings. The maximum Gasteiger partial charge on any atom is 0.356 e. The number of H-pyrrole nitrogens is 2. The Hall–Kier alpha value is -2.90. The van der Waals surface area contributed by atoms with Gasteiger partial charge in [-0.15, -0.1) is 0 Å². The quantitative estimate of drug-likeness (QED) is 0.781. The van der Waals surface area contributed by atoms with Gasteiger partial charge in [0.1, 0.15) is 6.61 Å². The number of nitrogens with zero attached hydrogens (tertiary/aromatic N) is 1. The van der Waals surface area contributed by atoms with Gasteiger partial charge in [0.15, 0.2) is 5.69 Å². The van der Waals surface area contributed by atoms with Gasteiger partial charge in [0.25, 0.3) is 0 Å². The Kier molecular flexibility index (Phi) is 4.50. The number of imidazole rings is 1. The van der Waals surface area contributed by atoms with Crippen LogP contribution in [-0.4, -0.2) is 33.5 Å². The highest BCUT2D eigenvalue weighted by molar-refractivity contribution is 5.90. The van der Waals surface area contributed by atoms with Crippen LogP contribution in [-0.2, 0) is 16.1 Å². The van der Waals surface area contributed by atoms with Crippen LogP contribution in [0.3, 0.4) is 0 Å². The van der Waals surface area contributed by atoms with Crippen LogP contribution in [0.5, 0.6) is 0 Å². The molecule has 21 heavy (non-hydrogen) atoms. The summed E-state index contributed by atoms with van der Waals surface area (Å²) in [5.41, 5.74) is -0.154. The highest BCUT2D eigenvalue weighted by Gasteiger charge is 2.18. The maximum atomic E-state index is 11.8. The zero-order valence-corrected chi connectivity index (χ0v) is 11.2. The molecular formula is C13H13N3O5. The number of aromatic amines is 2. The molecule has 2 rings (SSSR count). The normalized spacial score (nSPS) is 10.1.